The van der Waals surface area contributed by atoms with E-state index in [9.17, 15) is 4.39 Å². The van der Waals surface area contributed by atoms with Gasteiger partial charge >= 0.3 is 0 Å². The van der Waals surface area contributed by atoms with Crippen molar-refractivity contribution in [3.63, 3.8) is 0 Å². The predicted octanol–water partition coefficient (Wildman–Crippen LogP) is 3.63. The van der Waals surface area contributed by atoms with Gasteiger partial charge in [0, 0.05) is 6.54 Å². The van der Waals surface area contributed by atoms with E-state index in [2.05, 4.69) is 10.3 Å². The van der Waals surface area contributed by atoms with E-state index in [-0.39, 0.29) is 11.1 Å². The molecule has 2 rings (SSSR count). The van der Waals surface area contributed by atoms with Crippen molar-refractivity contribution in [2.75, 3.05) is 0 Å². The van der Waals surface area contributed by atoms with E-state index in [0.29, 0.717) is 12.4 Å². The van der Waals surface area contributed by atoms with Gasteiger partial charge in [0.05, 0.1) is 17.3 Å². The largest absolute Gasteiger partial charge is 0.444 e. The average molecular weight is 269 g/mol. The second-order valence-electron chi connectivity index (χ2n) is 4.16. The SMILES string of the molecule is Cc1cnc(C(C)NCc2ccc(F)c(Cl)c2)o1. The van der Waals surface area contributed by atoms with Crippen LogP contribution >= 0.6 is 11.6 Å². The molecule has 3 nitrogen and oxygen atoms in total. The molecule has 1 aromatic heterocycles. The zero-order valence-corrected chi connectivity index (χ0v) is 11.0. The Kier molecular flexibility index (Phi) is 3.99. The average Bonchev–Trinajstić information content (AvgIpc) is 2.77. The molecule has 0 saturated heterocycles. The first-order valence-corrected chi connectivity index (χ1v) is 6.03. The summed E-state index contributed by atoms with van der Waals surface area (Å²) in [7, 11) is 0. The highest BCUT2D eigenvalue weighted by Gasteiger charge is 2.10. The zero-order valence-electron chi connectivity index (χ0n) is 10.2. The minimum Gasteiger partial charge on any atom is -0.444 e. The Morgan fingerprint density at radius 3 is 2.89 bits per heavy atom. The Morgan fingerprint density at radius 2 is 2.28 bits per heavy atom. The predicted molar refractivity (Wildman–Crippen MR) is 67.9 cm³/mol. The van der Waals surface area contributed by atoms with Crippen LogP contribution in [-0.4, -0.2) is 4.98 Å². The van der Waals surface area contributed by atoms with Gasteiger partial charge in [0.25, 0.3) is 0 Å². The lowest BCUT2D eigenvalue weighted by Crippen LogP contribution is -2.18. The summed E-state index contributed by atoms with van der Waals surface area (Å²) in [6.07, 6.45) is 1.68. The molecule has 0 bridgehead atoms. The van der Waals surface area contributed by atoms with Crippen LogP contribution in [0.2, 0.25) is 5.02 Å². The zero-order chi connectivity index (χ0) is 13.1. The molecule has 0 aliphatic heterocycles. The van der Waals surface area contributed by atoms with Gasteiger partial charge in [-0.3, -0.25) is 0 Å². The van der Waals surface area contributed by atoms with Crippen LogP contribution in [-0.2, 0) is 6.54 Å². The first-order valence-electron chi connectivity index (χ1n) is 5.66. The standard InChI is InChI=1S/C13H14ClFN2O/c1-8-6-17-13(18-8)9(2)16-7-10-3-4-12(15)11(14)5-10/h3-6,9,16H,7H2,1-2H3. The van der Waals surface area contributed by atoms with Gasteiger partial charge in [-0.15, -0.1) is 0 Å². The third kappa shape index (κ3) is 3.09. The van der Waals surface area contributed by atoms with Gasteiger partial charge < -0.3 is 9.73 Å². The van der Waals surface area contributed by atoms with Gasteiger partial charge in [0.2, 0.25) is 5.89 Å². The van der Waals surface area contributed by atoms with Crippen LogP contribution in [0.1, 0.15) is 30.2 Å². The molecule has 0 radical (unpaired) electrons. The van der Waals surface area contributed by atoms with E-state index in [1.807, 2.05) is 13.8 Å². The molecule has 0 amide bonds. The molecule has 2 aromatic rings. The number of benzene rings is 1. The van der Waals surface area contributed by atoms with Crippen LogP contribution in [0.25, 0.3) is 0 Å². The molecule has 0 saturated carbocycles. The minimum absolute atomic E-state index is 0.0115. The highest BCUT2D eigenvalue weighted by Crippen LogP contribution is 2.17. The number of halogens is 2. The minimum atomic E-state index is -0.406. The summed E-state index contributed by atoms with van der Waals surface area (Å²) in [5.74, 6) is 1.01. The Hall–Kier alpha value is -1.39. The van der Waals surface area contributed by atoms with Crippen molar-refractivity contribution >= 4 is 11.6 Å². The summed E-state index contributed by atoms with van der Waals surface area (Å²) in [5.41, 5.74) is 0.913. The lowest BCUT2D eigenvalue weighted by molar-refractivity contribution is 0.402. The summed E-state index contributed by atoms with van der Waals surface area (Å²) >= 11 is 5.72. The van der Waals surface area contributed by atoms with Gasteiger partial charge in [-0.25, -0.2) is 9.37 Å². The van der Waals surface area contributed by atoms with E-state index in [1.54, 1.807) is 18.3 Å². The number of nitrogens with zero attached hydrogens (tertiary/aromatic N) is 1. The van der Waals surface area contributed by atoms with Crippen molar-refractivity contribution in [1.82, 2.24) is 10.3 Å². The highest BCUT2D eigenvalue weighted by molar-refractivity contribution is 6.30. The molecule has 5 heteroatoms. The molecular formula is C13H14ClFN2O. The van der Waals surface area contributed by atoms with Crippen molar-refractivity contribution < 1.29 is 8.81 Å². The fraction of sp³-hybridized carbons (Fsp3) is 0.308. The molecule has 0 spiro atoms. The molecule has 1 heterocycles. The summed E-state index contributed by atoms with van der Waals surface area (Å²) < 4.78 is 18.4. The molecule has 0 aliphatic rings. The summed E-state index contributed by atoms with van der Waals surface area (Å²) in [4.78, 5) is 4.14. The third-order valence-electron chi connectivity index (χ3n) is 2.61. The second-order valence-corrected chi connectivity index (χ2v) is 4.57. The van der Waals surface area contributed by atoms with Crippen LogP contribution in [0, 0.1) is 12.7 Å². The number of hydrogen-bond acceptors (Lipinski definition) is 3. The number of aryl methyl sites for hydroxylation is 1. The van der Waals surface area contributed by atoms with Crippen LogP contribution < -0.4 is 5.32 Å². The first kappa shape index (κ1) is 13.1. The number of aromatic nitrogens is 1. The second kappa shape index (κ2) is 5.50. The van der Waals surface area contributed by atoms with Crippen molar-refractivity contribution in [3.8, 4) is 0 Å². The van der Waals surface area contributed by atoms with Crippen molar-refractivity contribution in [1.29, 1.82) is 0 Å². The van der Waals surface area contributed by atoms with Crippen molar-refractivity contribution in [3.05, 3.63) is 52.5 Å². The molecular weight excluding hydrogens is 255 g/mol. The van der Waals surface area contributed by atoms with Gasteiger partial charge in [0.15, 0.2) is 0 Å². The Balaban J connectivity index is 1.97. The normalized spacial score (nSPS) is 12.7. The van der Waals surface area contributed by atoms with E-state index in [4.69, 9.17) is 16.0 Å². The molecule has 96 valence electrons. The van der Waals surface area contributed by atoms with Gasteiger partial charge in [-0.2, -0.15) is 0 Å². The molecule has 1 N–H and O–H groups in total. The third-order valence-corrected chi connectivity index (χ3v) is 2.90. The lowest BCUT2D eigenvalue weighted by Gasteiger charge is -2.10. The maximum absolute atomic E-state index is 13.0. The summed E-state index contributed by atoms with van der Waals surface area (Å²) in [6.45, 7) is 4.38. The smallest absolute Gasteiger partial charge is 0.211 e. The maximum Gasteiger partial charge on any atom is 0.211 e. The monoisotopic (exact) mass is 268 g/mol. The van der Waals surface area contributed by atoms with Crippen LogP contribution in [0.5, 0.6) is 0 Å². The lowest BCUT2D eigenvalue weighted by atomic mass is 10.2. The molecule has 1 unspecified atom stereocenters. The summed E-state index contributed by atoms with van der Waals surface area (Å²) in [6, 6.07) is 4.65. The number of hydrogen-bond donors (Lipinski definition) is 1. The van der Waals surface area contributed by atoms with E-state index >= 15 is 0 Å². The Labute approximate surface area is 110 Å². The number of rotatable bonds is 4. The molecule has 18 heavy (non-hydrogen) atoms. The molecule has 1 aromatic carbocycles. The van der Waals surface area contributed by atoms with Crippen LogP contribution in [0.15, 0.2) is 28.8 Å². The van der Waals surface area contributed by atoms with Crippen molar-refractivity contribution in [2.24, 2.45) is 0 Å². The first-order chi connectivity index (χ1) is 8.56. The number of oxazole rings is 1. The Morgan fingerprint density at radius 1 is 1.50 bits per heavy atom. The quantitative estimate of drug-likeness (QED) is 0.920. The Bertz CT molecular complexity index is 542. The van der Waals surface area contributed by atoms with E-state index in [1.165, 1.54) is 6.07 Å². The fourth-order valence-corrected chi connectivity index (χ4v) is 1.78. The fourth-order valence-electron chi connectivity index (χ4n) is 1.58. The summed E-state index contributed by atoms with van der Waals surface area (Å²) in [5, 5.41) is 3.37. The number of nitrogens with one attached hydrogen (secondary N) is 1. The molecule has 0 fully saturated rings. The van der Waals surface area contributed by atoms with Gasteiger partial charge in [-0.05, 0) is 31.5 Å². The van der Waals surface area contributed by atoms with Gasteiger partial charge in [-0.1, -0.05) is 17.7 Å². The van der Waals surface area contributed by atoms with Crippen LogP contribution in [0.4, 0.5) is 4.39 Å². The van der Waals surface area contributed by atoms with E-state index in [0.717, 1.165) is 11.3 Å². The van der Waals surface area contributed by atoms with E-state index < -0.39 is 5.82 Å². The topological polar surface area (TPSA) is 38.1 Å². The maximum atomic E-state index is 13.0. The molecule has 1 atom stereocenters. The van der Waals surface area contributed by atoms with Crippen LogP contribution in [0.3, 0.4) is 0 Å². The highest BCUT2D eigenvalue weighted by atomic mass is 35.5. The van der Waals surface area contributed by atoms with Gasteiger partial charge in [0.1, 0.15) is 11.6 Å². The molecule has 0 aliphatic carbocycles. The van der Waals surface area contributed by atoms with Crippen molar-refractivity contribution in [2.45, 2.75) is 26.4 Å².